The summed E-state index contributed by atoms with van der Waals surface area (Å²) in [5.41, 5.74) is 9.85. The van der Waals surface area contributed by atoms with Crippen LogP contribution in [0, 0.1) is 0 Å². The molecule has 6 nitrogen and oxygen atoms in total. The normalized spacial score (nSPS) is 11.8. The summed E-state index contributed by atoms with van der Waals surface area (Å²) in [7, 11) is 0. The number of hydrogen-bond donors (Lipinski definition) is 2. The van der Waals surface area contributed by atoms with Crippen molar-refractivity contribution in [1.82, 2.24) is 4.90 Å². The molecule has 0 unspecified atom stereocenters. The first-order chi connectivity index (χ1) is 19.4. The highest BCUT2D eigenvalue weighted by Crippen LogP contribution is 2.26. The average molecular weight is 580 g/mol. The number of ether oxygens (including phenoxy) is 2. The molecule has 208 valence electrons. The molecule has 0 radical (unpaired) electrons. The zero-order valence-electron chi connectivity index (χ0n) is 22.0. The van der Waals surface area contributed by atoms with Gasteiger partial charge >= 0.3 is 5.97 Å². The van der Waals surface area contributed by atoms with Gasteiger partial charge in [0.2, 0.25) is 0 Å². The van der Waals surface area contributed by atoms with Crippen LogP contribution < -0.4 is 15.2 Å². The van der Waals surface area contributed by atoms with Gasteiger partial charge in [-0.05, 0) is 53.9 Å². The third-order valence-corrected chi connectivity index (χ3v) is 6.93. The minimum Gasteiger partial charge on any atom is -0.489 e. The molecule has 4 aromatic rings. The molecule has 40 heavy (non-hydrogen) atoms. The maximum atomic E-state index is 11.4. The molecular formula is C32H32Cl2N2O4. The van der Waals surface area contributed by atoms with E-state index in [0.29, 0.717) is 49.3 Å². The number of carboxylic acids is 1. The van der Waals surface area contributed by atoms with E-state index in [4.69, 9.17) is 38.4 Å². The summed E-state index contributed by atoms with van der Waals surface area (Å²) in [4.78, 5) is 13.6. The van der Waals surface area contributed by atoms with Crippen molar-refractivity contribution in [2.75, 3.05) is 6.54 Å². The number of nitrogens with two attached hydrogens (primary N) is 1. The van der Waals surface area contributed by atoms with E-state index in [9.17, 15) is 9.90 Å². The number of halogens is 2. The van der Waals surface area contributed by atoms with E-state index >= 15 is 0 Å². The molecule has 0 aliphatic carbocycles. The van der Waals surface area contributed by atoms with Crippen LogP contribution in [0.25, 0.3) is 0 Å². The summed E-state index contributed by atoms with van der Waals surface area (Å²) in [6.07, 6.45) is 0.303. The van der Waals surface area contributed by atoms with E-state index in [-0.39, 0.29) is 0 Å². The second-order valence-corrected chi connectivity index (χ2v) is 10.4. The number of benzene rings is 4. The van der Waals surface area contributed by atoms with Gasteiger partial charge in [0.05, 0.1) is 0 Å². The van der Waals surface area contributed by atoms with Crippen molar-refractivity contribution in [3.05, 3.63) is 129 Å². The van der Waals surface area contributed by atoms with Gasteiger partial charge < -0.3 is 20.3 Å². The van der Waals surface area contributed by atoms with Crippen LogP contribution in [0.1, 0.15) is 28.7 Å². The van der Waals surface area contributed by atoms with Gasteiger partial charge in [0.15, 0.2) is 0 Å². The molecule has 4 aromatic carbocycles. The number of para-hydroxylation sites is 2. The monoisotopic (exact) mass is 578 g/mol. The van der Waals surface area contributed by atoms with Crippen molar-refractivity contribution in [3.63, 3.8) is 0 Å². The lowest BCUT2D eigenvalue weighted by molar-refractivity contribution is -0.138. The summed E-state index contributed by atoms with van der Waals surface area (Å²) < 4.78 is 12.4. The Balaban J connectivity index is 1.50. The van der Waals surface area contributed by atoms with Crippen LogP contribution in [-0.2, 0) is 31.1 Å². The molecule has 0 aromatic heterocycles. The summed E-state index contributed by atoms with van der Waals surface area (Å²) in [6, 6.07) is 29.9. The lowest BCUT2D eigenvalue weighted by Crippen LogP contribution is -2.35. The zero-order valence-corrected chi connectivity index (χ0v) is 23.5. The van der Waals surface area contributed by atoms with Gasteiger partial charge in [-0.2, -0.15) is 0 Å². The van der Waals surface area contributed by atoms with Gasteiger partial charge in [-0.3, -0.25) is 9.69 Å². The van der Waals surface area contributed by atoms with Crippen molar-refractivity contribution in [1.29, 1.82) is 0 Å². The summed E-state index contributed by atoms with van der Waals surface area (Å²) in [6.45, 7) is 2.35. The van der Waals surface area contributed by atoms with Crippen LogP contribution in [0.3, 0.4) is 0 Å². The highest BCUT2D eigenvalue weighted by Gasteiger charge is 2.18. The Hall–Kier alpha value is -3.55. The molecular weight excluding hydrogens is 547 g/mol. The molecule has 0 amide bonds. The maximum absolute atomic E-state index is 11.4. The van der Waals surface area contributed by atoms with Gasteiger partial charge in [-0.1, -0.05) is 83.9 Å². The SMILES string of the molecule is N[C@@H](CCN(Cc1ccccc1OCc1ccc(Cl)cc1)Cc1ccccc1OCc1ccc(Cl)cc1)C(=O)O. The fraction of sp³-hybridized carbons (Fsp3) is 0.219. The Morgan fingerprint density at radius 1 is 0.725 bits per heavy atom. The molecule has 0 fully saturated rings. The second kappa shape index (κ2) is 14.7. The van der Waals surface area contributed by atoms with Gasteiger partial charge in [0.1, 0.15) is 30.8 Å². The van der Waals surface area contributed by atoms with Crippen LogP contribution in [0.4, 0.5) is 0 Å². The lowest BCUT2D eigenvalue weighted by Gasteiger charge is -2.25. The molecule has 8 heteroatoms. The number of carbonyl (C=O) groups is 1. The Bertz CT molecular complexity index is 1290. The molecule has 1 atom stereocenters. The summed E-state index contributed by atoms with van der Waals surface area (Å²) >= 11 is 12.0. The quantitative estimate of drug-likeness (QED) is 0.168. The predicted molar refractivity (Wildman–Crippen MR) is 159 cm³/mol. The molecule has 0 spiro atoms. The Kier molecular flexibility index (Phi) is 10.8. The lowest BCUT2D eigenvalue weighted by atomic mass is 10.1. The number of nitrogens with zero attached hydrogens (tertiary/aromatic N) is 1. The van der Waals surface area contributed by atoms with Gasteiger partial charge in [-0.25, -0.2) is 0 Å². The number of aliphatic carboxylic acids is 1. The number of rotatable bonds is 14. The first-order valence-corrected chi connectivity index (χ1v) is 13.7. The highest BCUT2D eigenvalue weighted by molar-refractivity contribution is 6.30. The van der Waals surface area contributed by atoms with Crippen LogP contribution in [0.15, 0.2) is 97.1 Å². The maximum Gasteiger partial charge on any atom is 0.320 e. The van der Waals surface area contributed by atoms with E-state index in [2.05, 4.69) is 4.90 Å². The van der Waals surface area contributed by atoms with E-state index in [1.165, 1.54) is 0 Å². The van der Waals surface area contributed by atoms with Gasteiger partial charge in [-0.15, -0.1) is 0 Å². The van der Waals surface area contributed by atoms with E-state index < -0.39 is 12.0 Å². The number of hydrogen-bond acceptors (Lipinski definition) is 5. The fourth-order valence-electron chi connectivity index (χ4n) is 4.17. The first-order valence-electron chi connectivity index (χ1n) is 13.0. The topological polar surface area (TPSA) is 85.0 Å². The van der Waals surface area contributed by atoms with Crippen LogP contribution >= 0.6 is 23.2 Å². The average Bonchev–Trinajstić information content (AvgIpc) is 2.96. The van der Waals surface area contributed by atoms with Gasteiger partial charge in [0.25, 0.3) is 0 Å². The molecule has 0 aliphatic rings. The number of carboxylic acid groups (broad SMARTS) is 1. The Morgan fingerprint density at radius 3 is 1.57 bits per heavy atom. The third kappa shape index (κ3) is 9.00. The molecule has 3 N–H and O–H groups in total. The van der Waals surface area contributed by atoms with E-state index in [1.54, 1.807) is 0 Å². The first kappa shape index (κ1) is 29.4. The zero-order chi connectivity index (χ0) is 28.3. The highest BCUT2D eigenvalue weighted by atomic mass is 35.5. The minimum absolute atomic E-state index is 0.303. The Labute approximate surface area is 244 Å². The fourth-order valence-corrected chi connectivity index (χ4v) is 4.43. The van der Waals surface area contributed by atoms with Gasteiger partial charge in [0, 0.05) is 40.8 Å². The van der Waals surface area contributed by atoms with Crippen LogP contribution in [-0.4, -0.2) is 28.6 Å². The van der Waals surface area contributed by atoms with Crippen molar-refractivity contribution in [2.45, 2.75) is 38.8 Å². The second-order valence-electron chi connectivity index (χ2n) is 9.49. The standard InChI is InChI=1S/C32H32Cl2N2O4/c33-27-13-9-23(10-14-27)21-39-30-7-3-1-5-25(30)19-36(18-17-29(35)32(37)38)20-26-6-2-4-8-31(26)40-22-24-11-15-28(34)16-12-24/h1-16,29H,17-22,35H2,(H,37,38)/t29-/m0/s1. The van der Waals surface area contributed by atoms with Crippen molar-refractivity contribution in [3.8, 4) is 11.5 Å². The smallest absolute Gasteiger partial charge is 0.320 e. The van der Waals surface area contributed by atoms with Crippen molar-refractivity contribution < 1.29 is 19.4 Å². The molecule has 0 saturated heterocycles. The molecule has 0 saturated carbocycles. The Morgan fingerprint density at radius 2 is 1.15 bits per heavy atom. The van der Waals surface area contributed by atoms with Crippen molar-refractivity contribution >= 4 is 29.2 Å². The van der Waals surface area contributed by atoms with E-state index in [0.717, 1.165) is 33.8 Å². The van der Waals surface area contributed by atoms with E-state index in [1.807, 2.05) is 97.1 Å². The third-order valence-electron chi connectivity index (χ3n) is 6.42. The van der Waals surface area contributed by atoms with Crippen LogP contribution in [0.5, 0.6) is 11.5 Å². The predicted octanol–water partition coefficient (Wildman–Crippen LogP) is 6.96. The minimum atomic E-state index is -1.02. The van der Waals surface area contributed by atoms with Crippen LogP contribution in [0.2, 0.25) is 10.0 Å². The van der Waals surface area contributed by atoms with Crippen molar-refractivity contribution in [2.24, 2.45) is 5.73 Å². The molecule has 0 bridgehead atoms. The summed E-state index contributed by atoms with van der Waals surface area (Å²) in [5, 5.41) is 10.7. The molecule has 0 aliphatic heterocycles. The molecule has 4 rings (SSSR count). The molecule has 0 heterocycles. The summed E-state index contributed by atoms with van der Waals surface area (Å²) in [5.74, 6) is 0.507. The largest absolute Gasteiger partial charge is 0.489 e.